The molecule has 0 nitrogen and oxygen atoms in total. The van der Waals surface area contributed by atoms with Crippen LogP contribution in [0.25, 0.3) is 0 Å². The second-order valence-electron chi connectivity index (χ2n) is 3.98. The number of aryl methyl sites for hydroxylation is 1. The van der Waals surface area contributed by atoms with Gasteiger partial charge >= 0.3 is 0 Å². The van der Waals surface area contributed by atoms with E-state index in [0.717, 1.165) is 6.42 Å². The van der Waals surface area contributed by atoms with Gasteiger partial charge in [0.2, 0.25) is 0 Å². The predicted molar refractivity (Wildman–Crippen MR) is 74.8 cm³/mol. The molecule has 1 rings (SSSR count). The Kier molecular flexibility index (Phi) is 11.2. The summed E-state index contributed by atoms with van der Waals surface area (Å²) in [5.74, 6) is 0. The number of unbranched alkanes of at least 4 members (excludes halogenated alkanes) is 4. The van der Waals surface area contributed by atoms with Crippen molar-refractivity contribution in [2.75, 3.05) is 0 Å². The molecule has 0 heterocycles. The maximum Gasteiger partial charge on any atom is -0.0307 e. The van der Waals surface area contributed by atoms with E-state index in [1.807, 2.05) is 12.1 Å². The maximum atomic E-state index is 3.66. The molecule has 0 aromatic heterocycles. The van der Waals surface area contributed by atoms with Crippen LogP contribution in [-0.2, 0) is 6.42 Å². The summed E-state index contributed by atoms with van der Waals surface area (Å²) in [6.07, 6.45) is 9.75. The first-order chi connectivity index (χ1) is 7.85. The summed E-state index contributed by atoms with van der Waals surface area (Å²) in [4.78, 5) is 0. The van der Waals surface area contributed by atoms with E-state index in [1.165, 1.54) is 37.7 Å². The van der Waals surface area contributed by atoms with Gasteiger partial charge in [-0.3, -0.25) is 0 Å². The lowest BCUT2D eigenvalue weighted by molar-refractivity contribution is 0.675. The number of allylic oxidation sites excluding steroid dienone is 1. The molecule has 0 spiro atoms. The fourth-order valence-electron chi connectivity index (χ4n) is 1.43. The van der Waals surface area contributed by atoms with E-state index >= 15 is 0 Å². The molecular weight excluding hydrogens is 192 g/mol. The third-order valence-corrected chi connectivity index (χ3v) is 2.51. The van der Waals surface area contributed by atoms with Crippen LogP contribution in [0.2, 0.25) is 0 Å². The van der Waals surface area contributed by atoms with Crippen molar-refractivity contribution in [1.29, 1.82) is 0 Å². The molecule has 0 saturated heterocycles. The maximum absolute atomic E-state index is 3.66. The topological polar surface area (TPSA) is 0 Å². The fourth-order valence-corrected chi connectivity index (χ4v) is 1.43. The number of benzene rings is 1. The third-order valence-electron chi connectivity index (χ3n) is 2.51. The average molecular weight is 218 g/mol. The van der Waals surface area contributed by atoms with Gasteiger partial charge in [0, 0.05) is 0 Å². The van der Waals surface area contributed by atoms with Gasteiger partial charge in [-0.2, -0.15) is 0 Å². The molecule has 90 valence electrons. The van der Waals surface area contributed by atoms with E-state index < -0.39 is 0 Å². The SMILES string of the molecule is C=CCCCCCC.CCc1ccccc1. The standard InChI is InChI=1S/C8H10.C8H16/c1-2-8-6-4-3-5-7-8;1-3-5-7-8-6-4-2/h3-7H,2H2,1H3;3H,1,4-8H2,2H3. The molecule has 0 bridgehead atoms. The van der Waals surface area contributed by atoms with Crippen LogP contribution < -0.4 is 0 Å². The van der Waals surface area contributed by atoms with Gasteiger partial charge in [-0.1, -0.05) is 69.5 Å². The highest BCUT2D eigenvalue weighted by Crippen LogP contribution is 2.01. The lowest BCUT2D eigenvalue weighted by Gasteiger charge is -1.91. The molecule has 0 atom stereocenters. The van der Waals surface area contributed by atoms with E-state index in [1.54, 1.807) is 0 Å². The van der Waals surface area contributed by atoms with Gasteiger partial charge in [0.15, 0.2) is 0 Å². The molecule has 16 heavy (non-hydrogen) atoms. The summed E-state index contributed by atoms with van der Waals surface area (Å²) in [6.45, 7) is 8.05. The molecule has 0 radical (unpaired) electrons. The lowest BCUT2D eigenvalue weighted by atomic mass is 10.2. The van der Waals surface area contributed by atoms with E-state index in [0.29, 0.717) is 0 Å². The zero-order valence-corrected chi connectivity index (χ0v) is 10.9. The minimum absolute atomic E-state index is 1.14. The van der Waals surface area contributed by atoms with Crippen LogP contribution >= 0.6 is 0 Å². The Labute approximate surface area is 101 Å². The first-order valence-corrected chi connectivity index (χ1v) is 6.49. The Morgan fingerprint density at radius 1 is 1.00 bits per heavy atom. The Hall–Kier alpha value is -1.04. The van der Waals surface area contributed by atoms with Crippen molar-refractivity contribution in [2.24, 2.45) is 0 Å². The van der Waals surface area contributed by atoms with Gasteiger partial charge in [0.05, 0.1) is 0 Å². The van der Waals surface area contributed by atoms with Crippen molar-refractivity contribution in [1.82, 2.24) is 0 Å². The summed E-state index contributed by atoms with van der Waals surface area (Å²) in [7, 11) is 0. The predicted octanol–water partition coefficient (Wildman–Crippen LogP) is 5.39. The molecule has 0 aliphatic rings. The van der Waals surface area contributed by atoms with E-state index in [-0.39, 0.29) is 0 Å². The molecule has 0 fully saturated rings. The molecule has 0 N–H and O–H groups in total. The Balaban J connectivity index is 0.000000281. The lowest BCUT2D eigenvalue weighted by Crippen LogP contribution is -1.73. The van der Waals surface area contributed by atoms with E-state index in [9.17, 15) is 0 Å². The van der Waals surface area contributed by atoms with Crippen molar-refractivity contribution >= 4 is 0 Å². The van der Waals surface area contributed by atoms with Crippen LogP contribution in [0.1, 0.15) is 51.5 Å². The minimum Gasteiger partial charge on any atom is -0.103 e. The summed E-state index contributed by atoms with van der Waals surface area (Å²) in [5, 5.41) is 0. The number of hydrogen-bond acceptors (Lipinski definition) is 0. The quantitative estimate of drug-likeness (QED) is 0.443. The van der Waals surface area contributed by atoms with Gasteiger partial charge in [-0.15, -0.1) is 6.58 Å². The van der Waals surface area contributed by atoms with E-state index in [4.69, 9.17) is 0 Å². The summed E-state index contributed by atoms with van der Waals surface area (Å²) in [5.41, 5.74) is 1.41. The molecule has 0 aliphatic heterocycles. The summed E-state index contributed by atoms with van der Waals surface area (Å²) < 4.78 is 0. The van der Waals surface area contributed by atoms with Crippen LogP contribution in [-0.4, -0.2) is 0 Å². The second kappa shape index (κ2) is 12.0. The van der Waals surface area contributed by atoms with Crippen LogP contribution in [0.5, 0.6) is 0 Å². The molecular formula is C16H26. The number of hydrogen-bond donors (Lipinski definition) is 0. The van der Waals surface area contributed by atoms with Crippen LogP contribution in [0.15, 0.2) is 43.0 Å². The normalized spacial score (nSPS) is 9.12. The van der Waals surface area contributed by atoms with Gasteiger partial charge in [0.1, 0.15) is 0 Å². The third kappa shape index (κ3) is 9.51. The van der Waals surface area contributed by atoms with Gasteiger partial charge < -0.3 is 0 Å². The van der Waals surface area contributed by atoms with Crippen molar-refractivity contribution in [3.63, 3.8) is 0 Å². The Morgan fingerprint density at radius 3 is 2.12 bits per heavy atom. The second-order valence-corrected chi connectivity index (χ2v) is 3.98. The summed E-state index contributed by atoms with van der Waals surface area (Å²) in [6, 6.07) is 10.5. The summed E-state index contributed by atoms with van der Waals surface area (Å²) >= 11 is 0. The monoisotopic (exact) mass is 218 g/mol. The molecule has 0 unspecified atom stereocenters. The Morgan fingerprint density at radius 2 is 1.69 bits per heavy atom. The van der Waals surface area contributed by atoms with Crippen molar-refractivity contribution in [3.05, 3.63) is 48.6 Å². The minimum atomic E-state index is 1.14. The highest BCUT2D eigenvalue weighted by atomic mass is 13.9. The van der Waals surface area contributed by atoms with Crippen molar-refractivity contribution in [3.8, 4) is 0 Å². The van der Waals surface area contributed by atoms with Crippen LogP contribution in [0, 0.1) is 0 Å². The largest absolute Gasteiger partial charge is 0.103 e. The average Bonchev–Trinajstić information content (AvgIpc) is 2.36. The van der Waals surface area contributed by atoms with Crippen molar-refractivity contribution in [2.45, 2.75) is 52.4 Å². The van der Waals surface area contributed by atoms with Crippen LogP contribution in [0.3, 0.4) is 0 Å². The number of rotatable bonds is 6. The first kappa shape index (κ1) is 15.0. The molecule has 0 amide bonds. The smallest absolute Gasteiger partial charge is 0.0307 e. The zero-order valence-electron chi connectivity index (χ0n) is 10.9. The van der Waals surface area contributed by atoms with Gasteiger partial charge in [-0.25, -0.2) is 0 Å². The van der Waals surface area contributed by atoms with Gasteiger partial charge in [0.25, 0.3) is 0 Å². The fraction of sp³-hybridized carbons (Fsp3) is 0.500. The molecule has 0 aliphatic carbocycles. The highest BCUT2D eigenvalue weighted by Gasteiger charge is 1.81. The van der Waals surface area contributed by atoms with Gasteiger partial charge in [-0.05, 0) is 24.8 Å². The molecule has 1 aromatic rings. The molecule has 1 aromatic carbocycles. The Bertz CT molecular complexity index is 235. The highest BCUT2D eigenvalue weighted by molar-refractivity contribution is 5.13. The van der Waals surface area contributed by atoms with E-state index in [2.05, 4.69) is 44.7 Å². The van der Waals surface area contributed by atoms with Crippen molar-refractivity contribution < 1.29 is 0 Å². The molecule has 0 heteroatoms. The van der Waals surface area contributed by atoms with Crippen LogP contribution in [0.4, 0.5) is 0 Å². The molecule has 0 saturated carbocycles. The first-order valence-electron chi connectivity index (χ1n) is 6.49. The zero-order chi connectivity index (χ0) is 12.1.